The Hall–Kier alpha value is -1.40. The lowest BCUT2D eigenvalue weighted by Gasteiger charge is -2.05. The Kier molecular flexibility index (Phi) is 5.76. The molecular formula is C15H21N4S2+. The molecule has 0 spiro atoms. The van der Waals surface area contributed by atoms with Gasteiger partial charge in [-0.3, -0.25) is 10.3 Å². The van der Waals surface area contributed by atoms with Gasteiger partial charge in [-0.05, 0) is 37.7 Å². The molecule has 0 saturated carbocycles. The van der Waals surface area contributed by atoms with E-state index in [9.17, 15) is 0 Å². The summed E-state index contributed by atoms with van der Waals surface area (Å²) in [5.41, 5.74) is 2.12. The van der Waals surface area contributed by atoms with E-state index in [1.807, 2.05) is 30.1 Å². The van der Waals surface area contributed by atoms with Crippen LogP contribution >= 0.6 is 23.1 Å². The van der Waals surface area contributed by atoms with Gasteiger partial charge in [-0.2, -0.15) is 0 Å². The average molecular weight is 321 g/mol. The van der Waals surface area contributed by atoms with Gasteiger partial charge in [0.2, 0.25) is 5.00 Å². The Morgan fingerprint density at radius 1 is 1.43 bits per heavy atom. The summed E-state index contributed by atoms with van der Waals surface area (Å²) >= 11 is 3.52. The van der Waals surface area contributed by atoms with Crippen LogP contribution in [-0.4, -0.2) is 39.1 Å². The summed E-state index contributed by atoms with van der Waals surface area (Å²) in [6, 6.07) is 3.99. The lowest BCUT2D eigenvalue weighted by Crippen LogP contribution is -2.27. The van der Waals surface area contributed by atoms with Crippen LogP contribution in [0.25, 0.3) is 10.6 Å². The summed E-state index contributed by atoms with van der Waals surface area (Å²) in [5, 5.41) is 6.79. The molecule has 0 aromatic carbocycles. The molecule has 0 unspecified atom stereocenters. The molecule has 2 heterocycles. The third-order valence-electron chi connectivity index (χ3n) is 2.90. The lowest BCUT2D eigenvalue weighted by molar-refractivity contribution is -0.400. The van der Waals surface area contributed by atoms with E-state index < -0.39 is 0 Å². The standard InChI is InChI=1S/C15H20N4S2/c1-5-17-15(20-6-2)19(4)14-11(3)18-13(21-14)12-8-7-9-16-10-12/h7-10H,5-6H2,1-4H3/p+1. The van der Waals surface area contributed by atoms with E-state index in [0.717, 1.165) is 28.6 Å². The van der Waals surface area contributed by atoms with Crippen molar-refractivity contribution in [3.63, 3.8) is 0 Å². The molecule has 112 valence electrons. The molecule has 6 heteroatoms. The molecule has 0 fully saturated rings. The van der Waals surface area contributed by atoms with Crippen LogP contribution in [0.5, 0.6) is 0 Å². The van der Waals surface area contributed by atoms with E-state index in [1.54, 1.807) is 17.5 Å². The number of thioether (sulfide) groups is 1. The molecule has 0 bridgehead atoms. The Bertz CT molecular complexity index is 612. The SMILES string of the molecule is CCNC(SCC)=[N+](C)c1sc(-c2cccnc2)nc1C. The first-order valence-electron chi connectivity index (χ1n) is 7.02. The first-order chi connectivity index (χ1) is 10.2. The van der Waals surface area contributed by atoms with Crippen molar-refractivity contribution in [2.45, 2.75) is 20.8 Å². The minimum Gasteiger partial charge on any atom is -0.269 e. The summed E-state index contributed by atoms with van der Waals surface area (Å²) < 4.78 is 2.20. The monoisotopic (exact) mass is 321 g/mol. The fourth-order valence-electron chi connectivity index (χ4n) is 1.96. The maximum atomic E-state index is 4.69. The van der Waals surface area contributed by atoms with Crippen LogP contribution in [0.1, 0.15) is 19.5 Å². The van der Waals surface area contributed by atoms with E-state index in [0.29, 0.717) is 0 Å². The van der Waals surface area contributed by atoms with Gasteiger partial charge >= 0.3 is 5.17 Å². The van der Waals surface area contributed by atoms with Gasteiger partial charge < -0.3 is 0 Å². The van der Waals surface area contributed by atoms with Crippen LogP contribution < -0.4 is 5.32 Å². The molecule has 4 nitrogen and oxygen atoms in total. The zero-order valence-electron chi connectivity index (χ0n) is 12.9. The van der Waals surface area contributed by atoms with Gasteiger partial charge in [0.05, 0.1) is 19.3 Å². The highest BCUT2D eigenvalue weighted by atomic mass is 32.2. The fourth-order valence-corrected chi connectivity index (χ4v) is 3.85. The molecule has 0 atom stereocenters. The number of nitrogens with one attached hydrogen (secondary N) is 1. The van der Waals surface area contributed by atoms with Crippen LogP contribution in [0, 0.1) is 6.92 Å². The zero-order chi connectivity index (χ0) is 15.2. The number of aromatic nitrogens is 2. The molecule has 0 amide bonds. The molecule has 0 radical (unpaired) electrons. The first-order valence-corrected chi connectivity index (χ1v) is 8.82. The number of thiazole rings is 1. The fraction of sp³-hybridized carbons (Fsp3) is 0.400. The highest BCUT2D eigenvalue weighted by Gasteiger charge is 2.18. The Balaban J connectivity index is 2.40. The predicted molar refractivity (Wildman–Crippen MR) is 92.7 cm³/mol. The van der Waals surface area contributed by atoms with Crippen LogP contribution in [0.2, 0.25) is 0 Å². The average Bonchev–Trinajstić information content (AvgIpc) is 2.89. The van der Waals surface area contributed by atoms with E-state index in [-0.39, 0.29) is 0 Å². The van der Waals surface area contributed by atoms with Crippen molar-refractivity contribution in [1.29, 1.82) is 0 Å². The smallest absolute Gasteiger partial charge is 0.269 e. The number of amidine groups is 1. The van der Waals surface area contributed by atoms with Crippen LogP contribution in [0.4, 0.5) is 5.00 Å². The van der Waals surface area contributed by atoms with Gasteiger partial charge in [-0.1, -0.05) is 18.3 Å². The van der Waals surface area contributed by atoms with Crippen LogP contribution in [0.3, 0.4) is 0 Å². The Labute approximate surface area is 134 Å². The second-order valence-electron chi connectivity index (χ2n) is 4.48. The number of nitrogens with zero attached hydrogens (tertiary/aromatic N) is 3. The number of rotatable bonds is 4. The van der Waals surface area contributed by atoms with Gasteiger partial charge in [-0.25, -0.2) is 9.56 Å². The summed E-state index contributed by atoms with van der Waals surface area (Å²) in [4.78, 5) is 8.86. The zero-order valence-corrected chi connectivity index (χ0v) is 14.5. The molecule has 0 saturated heterocycles. The molecule has 21 heavy (non-hydrogen) atoms. The van der Waals surface area contributed by atoms with Gasteiger partial charge in [0.1, 0.15) is 5.01 Å². The summed E-state index contributed by atoms with van der Waals surface area (Å²) in [5.74, 6) is 1.04. The van der Waals surface area contributed by atoms with Crippen molar-refractivity contribution in [3.05, 3.63) is 30.2 Å². The highest BCUT2D eigenvalue weighted by molar-refractivity contribution is 8.13. The third kappa shape index (κ3) is 3.83. The van der Waals surface area contributed by atoms with Gasteiger partial charge in [0, 0.05) is 23.7 Å². The maximum Gasteiger partial charge on any atom is 0.311 e. The molecule has 2 rings (SSSR count). The van der Waals surface area contributed by atoms with E-state index in [4.69, 9.17) is 4.98 Å². The minimum absolute atomic E-state index is 0.917. The molecule has 0 aliphatic carbocycles. The van der Waals surface area contributed by atoms with E-state index >= 15 is 0 Å². The number of aryl methyl sites for hydroxylation is 1. The summed E-state index contributed by atoms with van der Waals surface area (Å²) in [6.45, 7) is 7.25. The molecule has 0 aliphatic rings. The number of hydrogen-bond acceptors (Lipinski definition) is 4. The van der Waals surface area contributed by atoms with Gasteiger partial charge in [-0.15, -0.1) is 0 Å². The van der Waals surface area contributed by atoms with Gasteiger partial charge in [0.15, 0.2) is 0 Å². The van der Waals surface area contributed by atoms with E-state index in [1.165, 1.54) is 10.2 Å². The van der Waals surface area contributed by atoms with Crippen molar-refractivity contribution in [3.8, 4) is 10.6 Å². The Morgan fingerprint density at radius 2 is 2.24 bits per heavy atom. The maximum absolute atomic E-state index is 4.69. The van der Waals surface area contributed by atoms with Crippen molar-refractivity contribution >= 4 is 33.3 Å². The van der Waals surface area contributed by atoms with Crippen LogP contribution in [-0.2, 0) is 0 Å². The van der Waals surface area contributed by atoms with Gasteiger partial charge in [0.25, 0.3) is 0 Å². The van der Waals surface area contributed by atoms with Crippen LogP contribution in [0.15, 0.2) is 24.5 Å². The number of hydrogen-bond donors (Lipinski definition) is 1. The normalized spacial score (nSPS) is 12.2. The number of pyridine rings is 1. The van der Waals surface area contributed by atoms with E-state index in [2.05, 4.69) is 42.7 Å². The first kappa shape index (κ1) is 16.0. The minimum atomic E-state index is 0.917. The van der Waals surface area contributed by atoms with Crippen molar-refractivity contribution in [2.75, 3.05) is 19.3 Å². The predicted octanol–water partition coefficient (Wildman–Crippen LogP) is 3.51. The highest BCUT2D eigenvalue weighted by Crippen LogP contribution is 2.33. The largest absolute Gasteiger partial charge is 0.311 e. The van der Waals surface area contributed by atoms with Crippen molar-refractivity contribution < 1.29 is 4.58 Å². The second-order valence-corrected chi connectivity index (χ2v) is 6.71. The lowest BCUT2D eigenvalue weighted by atomic mass is 10.3. The Morgan fingerprint density at radius 3 is 2.86 bits per heavy atom. The quantitative estimate of drug-likeness (QED) is 0.531. The summed E-state index contributed by atoms with van der Waals surface area (Å²) in [7, 11) is 2.09. The summed E-state index contributed by atoms with van der Waals surface area (Å²) in [6.07, 6.45) is 3.64. The topological polar surface area (TPSA) is 40.8 Å². The molecule has 2 aromatic rings. The molecule has 2 aromatic heterocycles. The molecule has 0 aliphatic heterocycles. The van der Waals surface area contributed by atoms with Crippen molar-refractivity contribution in [2.24, 2.45) is 0 Å². The second kappa shape index (κ2) is 7.56. The molecular weight excluding hydrogens is 300 g/mol. The molecule has 1 N–H and O–H groups in total. The van der Waals surface area contributed by atoms with Crippen molar-refractivity contribution in [1.82, 2.24) is 15.3 Å². The third-order valence-corrected chi connectivity index (χ3v) is 5.16.